The number of benzene rings is 2. The molecular formula is C21H20N2O5. The number of carbonyl (C=O) groups excluding carboxylic acids is 2. The summed E-state index contributed by atoms with van der Waals surface area (Å²) in [5, 5.41) is 0. The molecule has 0 aliphatic heterocycles. The average molecular weight is 380 g/mol. The zero-order valence-electron chi connectivity index (χ0n) is 15.2. The standard InChI is InChI=1S/C21H20N2O5/c24-19(27-15-17-7-3-1-4-8-17)13-22-11-12-23(21(22)26)14-20(25)28-16-18-9-5-2-6-10-18/h1-12H,13-16H2. The first-order valence-electron chi connectivity index (χ1n) is 8.76. The van der Waals surface area contributed by atoms with E-state index in [4.69, 9.17) is 9.47 Å². The fourth-order valence-corrected chi connectivity index (χ4v) is 2.54. The van der Waals surface area contributed by atoms with Gasteiger partial charge in [-0.25, -0.2) is 4.79 Å². The average Bonchev–Trinajstić information content (AvgIpc) is 3.06. The van der Waals surface area contributed by atoms with E-state index in [1.807, 2.05) is 60.7 Å². The number of hydrogen-bond donors (Lipinski definition) is 0. The van der Waals surface area contributed by atoms with Crippen LogP contribution in [0.4, 0.5) is 0 Å². The Bertz CT molecular complexity index is 899. The molecule has 0 atom stereocenters. The second kappa shape index (κ2) is 9.36. The molecule has 1 aromatic heterocycles. The Kier molecular flexibility index (Phi) is 6.41. The summed E-state index contributed by atoms with van der Waals surface area (Å²) < 4.78 is 12.7. The zero-order chi connectivity index (χ0) is 19.8. The maximum atomic E-state index is 12.3. The van der Waals surface area contributed by atoms with Crippen LogP contribution in [-0.2, 0) is 45.4 Å². The minimum absolute atomic E-state index is 0.140. The second-order valence-corrected chi connectivity index (χ2v) is 6.13. The van der Waals surface area contributed by atoms with Gasteiger partial charge in [-0.2, -0.15) is 0 Å². The van der Waals surface area contributed by atoms with Gasteiger partial charge in [-0.1, -0.05) is 60.7 Å². The van der Waals surface area contributed by atoms with Crippen LogP contribution in [0.15, 0.2) is 77.9 Å². The molecule has 0 radical (unpaired) electrons. The molecule has 1 heterocycles. The number of ether oxygens (including phenoxy) is 2. The molecular weight excluding hydrogens is 360 g/mol. The van der Waals surface area contributed by atoms with Crippen molar-refractivity contribution in [3.8, 4) is 0 Å². The largest absolute Gasteiger partial charge is 0.459 e. The van der Waals surface area contributed by atoms with E-state index in [2.05, 4.69) is 0 Å². The Morgan fingerprint density at radius 3 is 1.46 bits per heavy atom. The normalized spacial score (nSPS) is 10.4. The highest BCUT2D eigenvalue weighted by molar-refractivity contribution is 5.70. The number of aromatic nitrogens is 2. The highest BCUT2D eigenvalue weighted by atomic mass is 16.5. The summed E-state index contributed by atoms with van der Waals surface area (Å²) in [5.74, 6) is -1.06. The van der Waals surface area contributed by atoms with E-state index >= 15 is 0 Å². The molecule has 0 amide bonds. The quantitative estimate of drug-likeness (QED) is 0.560. The van der Waals surface area contributed by atoms with Crippen LogP contribution in [0.3, 0.4) is 0 Å². The van der Waals surface area contributed by atoms with Gasteiger partial charge in [0.25, 0.3) is 0 Å². The van der Waals surface area contributed by atoms with E-state index in [9.17, 15) is 14.4 Å². The summed E-state index contributed by atoms with van der Waals surface area (Å²) in [5.41, 5.74) is 1.25. The fraction of sp³-hybridized carbons (Fsp3) is 0.190. The van der Waals surface area contributed by atoms with Crippen molar-refractivity contribution in [2.75, 3.05) is 0 Å². The molecule has 144 valence electrons. The van der Waals surface area contributed by atoms with E-state index in [1.54, 1.807) is 0 Å². The molecule has 0 N–H and O–H groups in total. The fourth-order valence-electron chi connectivity index (χ4n) is 2.54. The van der Waals surface area contributed by atoms with Gasteiger partial charge in [0, 0.05) is 12.4 Å². The number of rotatable bonds is 8. The van der Waals surface area contributed by atoms with Gasteiger partial charge in [0.15, 0.2) is 0 Å². The van der Waals surface area contributed by atoms with Crippen LogP contribution in [0.5, 0.6) is 0 Å². The molecule has 0 unspecified atom stereocenters. The van der Waals surface area contributed by atoms with E-state index in [-0.39, 0.29) is 26.3 Å². The number of carbonyl (C=O) groups is 2. The third-order valence-corrected chi connectivity index (χ3v) is 4.00. The van der Waals surface area contributed by atoms with E-state index < -0.39 is 17.6 Å². The maximum Gasteiger partial charge on any atom is 0.329 e. The lowest BCUT2D eigenvalue weighted by Crippen LogP contribution is -2.29. The van der Waals surface area contributed by atoms with E-state index in [1.165, 1.54) is 21.5 Å². The lowest BCUT2D eigenvalue weighted by Gasteiger charge is -2.06. The van der Waals surface area contributed by atoms with Crippen LogP contribution in [-0.4, -0.2) is 21.1 Å². The topological polar surface area (TPSA) is 79.5 Å². The smallest absolute Gasteiger partial charge is 0.329 e. The van der Waals surface area contributed by atoms with E-state index in [0.717, 1.165) is 11.1 Å². The number of hydrogen-bond acceptors (Lipinski definition) is 5. The number of nitrogens with zero attached hydrogens (tertiary/aromatic N) is 2. The summed E-state index contributed by atoms with van der Waals surface area (Å²) in [4.78, 5) is 36.2. The van der Waals surface area contributed by atoms with Gasteiger partial charge in [0.2, 0.25) is 0 Å². The molecule has 7 heteroatoms. The van der Waals surface area contributed by atoms with Crippen molar-refractivity contribution in [1.29, 1.82) is 0 Å². The Morgan fingerprint density at radius 1 is 0.679 bits per heavy atom. The Balaban J connectivity index is 1.49. The van der Waals surface area contributed by atoms with Gasteiger partial charge >= 0.3 is 17.6 Å². The molecule has 0 saturated carbocycles. The van der Waals surface area contributed by atoms with Crippen molar-refractivity contribution in [3.63, 3.8) is 0 Å². The third kappa shape index (κ3) is 5.44. The first-order chi connectivity index (χ1) is 13.6. The van der Waals surface area contributed by atoms with Crippen LogP contribution in [0.25, 0.3) is 0 Å². The maximum absolute atomic E-state index is 12.3. The lowest BCUT2D eigenvalue weighted by molar-refractivity contribution is -0.146. The van der Waals surface area contributed by atoms with Gasteiger partial charge in [-0.3, -0.25) is 18.7 Å². The van der Waals surface area contributed by atoms with Crippen molar-refractivity contribution in [2.24, 2.45) is 0 Å². The highest BCUT2D eigenvalue weighted by Gasteiger charge is 2.12. The minimum atomic E-state index is -0.532. The molecule has 0 spiro atoms. The molecule has 7 nitrogen and oxygen atoms in total. The molecule has 3 aromatic rings. The van der Waals surface area contributed by atoms with Crippen molar-refractivity contribution in [3.05, 3.63) is 94.7 Å². The Labute approximate surface area is 161 Å². The van der Waals surface area contributed by atoms with E-state index in [0.29, 0.717) is 0 Å². The molecule has 0 aliphatic carbocycles. The molecule has 28 heavy (non-hydrogen) atoms. The SMILES string of the molecule is O=C(Cn1ccn(CC(=O)OCc2ccccc2)c1=O)OCc1ccccc1. The van der Waals surface area contributed by atoms with Gasteiger partial charge < -0.3 is 9.47 Å². The summed E-state index contributed by atoms with van der Waals surface area (Å²) in [7, 11) is 0. The van der Waals surface area contributed by atoms with Crippen molar-refractivity contribution >= 4 is 11.9 Å². The molecule has 0 bridgehead atoms. The predicted octanol–water partition coefficient (Wildman–Crippen LogP) is 2.14. The van der Waals surface area contributed by atoms with Crippen LogP contribution in [0, 0.1) is 0 Å². The third-order valence-electron chi connectivity index (χ3n) is 4.00. The van der Waals surface area contributed by atoms with Crippen molar-refractivity contribution in [1.82, 2.24) is 9.13 Å². The van der Waals surface area contributed by atoms with Crippen LogP contribution in [0.1, 0.15) is 11.1 Å². The van der Waals surface area contributed by atoms with Crippen molar-refractivity contribution < 1.29 is 19.1 Å². The summed E-state index contributed by atoms with van der Waals surface area (Å²) in [6, 6.07) is 18.5. The van der Waals surface area contributed by atoms with Crippen molar-refractivity contribution in [2.45, 2.75) is 26.3 Å². The summed E-state index contributed by atoms with van der Waals surface area (Å²) >= 11 is 0. The van der Waals surface area contributed by atoms with Crippen LogP contribution < -0.4 is 5.69 Å². The van der Waals surface area contributed by atoms with Gasteiger partial charge in [-0.15, -0.1) is 0 Å². The number of esters is 2. The second-order valence-electron chi connectivity index (χ2n) is 6.13. The molecule has 0 saturated heterocycles. The minimum Gasteiger partial charge on any atom is -0.459 e. The first-order valence-corrected chi connectivity index (χ1v) is 8.76. The Hall–Kier alpha value is -3.61. The molecule has 3 rings (SSSR count). The van der Waals surface area contributed by atoms with Gasteiger partial charge in [0.1, 0.15) is 26.3 Å². The zero-order valence-corrected chi connectivity index (χ0v) is 15.2. The molecule has 2 aromatic carbocycles. The van der Waals surface area contributed by atoms with Crippen LogP contribution >= 0.6 is 0 Å². The van der Waals surface area contributed by atoms with Gasteiger partial charge in [0.05, 0.1) is 0 Å². The lowest BCUT2D eigenvalue weighted by atomic mass is 10.2. The van der Waals surface area contributed by atoms with Crippen LogP contribution in [0.2, 0.25) is 0 Å². The molecule has 0 fully saturated rings. The summed E-state index contributed by atoms with van der Waals surface area (Å²) in [6.45, 7) is -0.169. The highest BCUT2D eigenvalue weighted by Crippen LogP contribution is 2.02. The first kappa shape index (κ1) is 19.2. The predicted molar refractivity (Wildman–Crippen MR) is 101 cm³/mol. The monoisotopic (exact) mass is 380 g/mol. The summed E-state index contributed by atoms with van der Waals surface area (Å²) in [6.07, 6.45) is 2.88. The van der Waals surface area contributed by atoms with Gasteiger partial charge in [-0.05, 0) is 11.1 Å². The number of imidazole rings is 1. The molecule has 0 aliphatic rings. The Morgan fingerprint density at radius 2 is 1.07 bits per heavy atom.